The van der Waals surface area contributed by atoms with Gasteiger partial charge in [-0.25, -0.2) is 9.37 Å². The highest BCUT2D eigenvalue weighted by Crippen LogP contribution is 2.28. The molecule has 0 aliphatic rings. The minimum Gasteiger partial charge on any atom is -0.467 e. The Bertz CT molecular complexity index is 739. The summed E-state index contributed by atoms with van der Waals surface area (Å²) in [7, 11) is 1.92. The Hall–Kier alpha value is -2.08. The van der Waals surface area contributed by atoms with Crippen molar-refractivity contribution in [3.8, 4) is 0 Å². The Kier molecular flexibility index (Phi) is 3.79. The quantitative estimate of drug-likeness (QED) is 0.770. The number of anilines is 1. The third kappa shape index (κ3) is 2.85. The average Bonchev–Trinajstić information content (AvgIpc) is 3.12. The van der Waals surface area contributed by atoms with Gasteiger partial charge in [0.1, 0.15) is 23.4 Å². The molecule has 0 saturated carbocycles. The third-order valence-electron chi connectivity index (χ3n) is 3.17. The first-order valence-corrected chi connectivity index (χ1v) is 7.16. The maximum Gasteiger partial charge on any atom is 0.143 e. The Morgan fingerprint density at radius 2 is 2.24 bits per heavy atom. The van der Waals surface area contributed by atoms with Crippen LogP contribution in [0.4, 0.5) is 10.1 Å². The van der Waals surface area contributed by atoms with Gasteiger partial charge in [-0.3, -0.25) is 0 Å². The van der Waals surface area contributed by atoms with Crippen LogP contribution in [0.15, 0.2) is 57.9 Å². The molecule has 1 unspecified atom stereocenters. The standard InChI is InChI=1S/C15H13BrFN3O/c1-20-7-6-18-15(20)14(13-3-2-8-21-13)19-10-4-5-12(17)11(16)9-10/h2-9,14,19H,1H3. The SMILES string of the molecule is Cn1ccnc1C(Nc1ccc(F)c(Br)c1)c1ccco1. The molecule has 0 amide bonds. The van der Waals surface area contributed by atoms with E-state index in [1.165, 1.54) is 6.07 Å². The molecular weight excluding hydrogens is 337 g/mol. The molecule has 0 saturated heterocycles. The molecule has 0 radical (unpaired) electrons. The van der Waals surface area contributed by atoms with Crippen LogP contribution in [-0.4, -0.2) is 9.55 Å². The van der Waals surface area contributed by atoms with Gasteiger partial charge in [-0.1, -0.05) is 0 Å². The lowest BCUT2D eigenvalue weighted by Crippen LogP contribution is -2.16. The summed E-state index contributed by atoms with van der Waals surface area (Å²) < 4.78 is 21.2. The van der Waals surface area contributed by atoms with Gasteiger partial charge in [-0.2, -0.15) is 0 Å². The largest absolute Gasteiger partial charge is 0.467 e. The van der Waals surface area contributed by atoms with Crippen LogP contribution in [-0.2, 0) is 7.05 Å². The van der Waals surface area contributed by atoms with Crippen LogP contribution in [0.5, 0.6) is 0 Å². The summed E-state index contributed by atoms with van der Waals surface area (Å²) in [5, 5.41) is 3.32. The van der Waals surface area contributed by atoms with Gasteiger partial charge in [-0.05, 0) is 46.3 Å². The highest BCUT2D eigenvalue weighted by molar-refractivity contribution is 9.10. The van der Waals surface area contributed by atoms with Crippen LogP contribution >= 0.6 is 15.9 Å². The van der Waals surface area contributed by atoms with Crippen molar-refractivity contribution < 1.29 is 8.81 Å². The number of furan rings is 1. The number of nitrogens with one attached hydrogen (secondary N) is 1. The normalized spacial score (nSPS) is 12.3. The van der Waals surface area contributed by atoms with E-state index < -0.39 is 0 Å². The Morgan fingerprint density at radius 1 is 1.38 bits per heavy atom. The van der Waals surface area contributed by atoms with Crippen molar-refractivity contribution in [3.63, 3.8) is 0 Å². The molecule has 0 aliphatic heterocycles. The first-order chi connectivity index (χ1) is 10.1. The van der Waals surface area contributed by atoms with Crippen LogP contribution in [0, 0.1) is 5.82 Å². The monoisotopic (exact) mass is 349 g/mol. The molecule has 0 spiro atoms. The zero-order valence-electron chi connectivity index (χ0n) is 11.3. The fourth-order valence-electron chi connectivity index (χ4n) is 2.13. The fourth-order valence-corrected chi connectivity index (χ4v) is 2.51. The average molecular weight is 350 g/mol. The van der Waals surface area contributed by atoms with Crippen LogP contribution in [0.3, 0.4) is 0 Å². The number of hydrogen-bond acceptors (Lipinski definition) is 3. The van der Waals surface area contributed by atoms with Gasteiger partial charge in [0, 0.05) is 25.1 Å². The van der Waals surface area contributed by atoms with Crippen LogP contribution < -0.4 is 5.32 Å². The van der Waals surface area contributed by atoms with Crippen molar-refractivity contribution in [2.45, 2.75) is 6.04 Å². The maximum atomic E-state index is 13.3. The topological polar surface area (TPSA) is 43.0 Å². The zero-order chi connectivity index (χ0) is 14.8. The minimum absolute atomic E-state index is 0.252. The summed E-state index contributed by atoms with van der Waals surface area (Å²) in [4.78, 5) is 4.36. The number of aromatic nitrogens is 2. The van der Waals surface area contributed by atoms with Gasteiger partial charge in [0.25, 0.3) is 0 Å². The number of nitrogens with zero attached hydrogens (tertiary/aromatic N) is 2. The Labute approximate surface area is 129 Å². The van der Waals surface area contributed by atoms with Gasteiger partial charge in [-0.15, -0.1) is 0 Å². The molecule has 3 aromatic rings. The lowest BCUT2D eigenvalue weighted by atomic mass is 10.2. The number of benzene rings is 1. The third-order valence-corrected chi connectivity index (χ3v) is 3.78. The molecule has 2 aromatic heterocycles. The second-order valence-electron chi connectivity index (χ2n) is 4.62. The van der Waals surface area contributed by atoms with E-state index in [1.54, 1.807) is 24.6 Å². The summed E-state index contributed by atoms with van der Waals surface area (Å²) in [6, 6.07) is 8.23. The van der Waals surface area contributed by atoms with E-state index in [9.17, 15) is 4.39 Å². The molecule has 1 N–H and O–H groups in total. The summed E-state index contributed by atoms with van der Waals surface area (Å²) in [6.45, 7) is 0. The van der Waals surface area contributed by atoms with E-state index in [0.717, 1.165) is 17.3 Å². The number of aryl methyl sites for hydroxylation is 1. The minimum atomic E-state index is -0.299. The van der Waals surface area contributed by atoms with Crippen LogP contribution in [0.25, 0.3) is 0 Å². The highest BCUT2D eigenvalue weighted by Gasteiger charge is 2.21. The first kappa shape index (κ1) is 13.9. The van der Waals surface area contributed by atoms with Gasteiger partial charge in [0.2, 0.25) is 0 Å². The van der Waals surface area contributed by atoms with Gasteiger partial charge in [0.15, 0.2) is 0 Å². The predicted molar refractivity (Wildman–Crippen MR) is 81.5 cm³/mol. The van der Waals surface area contributed by atoms with Crippen LogP contribution in [0.1, 0.15) is 17.6 Å². The lowest BCUT2D eigenvalue weighted by Gasteiger charge is -2.18. The van der Waals surface area contributed by atoms with E-state index >= 15 is 0 Å². The van der Waals surface area contributed by atoms with Gasteiger partial charge >= 0.3 is 0 Å². The van der Waals surface area contributed by atoms with Crippen LogP contribution in [0.2, 0.25) is 0 Å². The lowest BCUT2D eigenvalue weighted by molar-refractivity contribution is 0.488. The molecule has 21 heavy (non-hydrogen) atoms. The molecule has 1 aromatic carbocycles. The summed E-state index contributed by atoms with van der Waals surface area (Å²) >= 11 is 3.19. The van der Waals surface area contributed by atoms with E-state index in [4.69, 9.17) is 4.42 Å². The zero-order valence-corrected chi connectivity index (χ0v) is 12.8. The second-order valence-corrected chi connectivity index (χ2v) is 5.47. The Morgan fingerprint density at radius 3 is 2.86 bits per heavy atom. The van der Waals surface area contributed by atoms with Gasteiger partial charge in [0.05, 0.1) is 10.7 Å². The highest BCUT2D eigenvalue weighted by atomic mass is 79.9. The number of halogens is 2. The van der Waals surface area contributed by atoms with E-state index in [1.807, 2.05) is 29.9 Å². The van der Waals surface area contributed by atoms with E-state index in [-0.39, 0.29) is 11.9 Å². The number of rotatable bonds is 4. The molecule has 0 fully saturated rings. The van der Waals surface area contributed by atoms with Crippen molar-refractivity contribution in [1.82, 2.24) is 9.55 Å². The predicted octanol–water partition coefficient (Wildman–Crippen LogP) is 4.12. The molecule has 6 heteroatoms. The molecule has 1 atom stereocenters. The number of imidazole rings is 1. The van der Waals surface area contributed by atoms with Crippen molar-refractivity contribution in [3.05, 3.63) is 70.9 Å². The van der Waals surface area contributed by atoms with Crippen molar-refractivity contribution in [1.29, 1.82) is 0 Å². The molecule has 0 aliphatic carbocycles. The van der Waals surface area contributed by atoms with E-state index in [0.29, 0.717) is 4.47 Å². The summed E-state index contributed by atoms with van der Waals surface area (Å²) in [5.41, 5.74) is 0.771. The fraction of sp³-hybridized carbons (Fsp3) is 0.133. The molecule has 108 valence electrons. The van der Waals surface area contributed by atoms with E-state index in [2.05, 4.69) is 26.2 Å². The van der Waals surface area contributed by atoms with Crippen molar-refractivity contribution >= 4 is 21.6 Å². The van der Waals surface area contributed by atoms with Crippen molar-refractivity contribution in [2.24, 2.45) is 7.05 Å². The Balaban J connectivity index is 1.97. The second kappa shape index (κ2) is 5.73. The summed E-state index contributed by atoms with van der Waals surface area (Å²) in [6.07, 6.45) is 5.22. The van der Waals surface area contributed by atoms with Crippen molar-refractivity contribution in [2.75, 3.05) is 5.32 Å². The molecule has 3 rings (SSSR count). The molecule has 2 heterocycles. The molecular formula is C15H13BrFN3O. The van der Waals surface area contributed by atoms with Gasteiger partial charge < -0.3 is 14.3 Å². The summed E-state index contributed by atoms with van der Waals surface area (Å²) in [5.74, 6) is 1.25. The first-order valence-electron chi connectivity index (χ1n) is 6.37. The molecule has 4 nitrogen and oxygen atoms in total. The smallest absolute Gasteiger partial charge is 0.143 e. The maximum absolute atomic E-state index is 13.3. The molecule has 0 bridgehead atoms. The number of hydrogen-bond donors (Lipinski definition) is 1.